The number of pyridine rings is 1. The van der Waals surface area contributed by atoms with Gasteiger partial charge in [0.05, 0.1) is 24.1 Å². The first-order chi connectivity index (χ1) is 6.72. The maximum atomic E-state index is 5.48. The van der Waals surface area contributed by atoms with Gasteiger partial charge in [0.2, 0.25) is 0 Å². The van der Waals surface area contributed by atoms with E-state index in [0.29, 0.717) is 6.61 Å². The third kappa shape index (κ3) is 3.85. The highest BCUT2D eigenvalue weighted by molar-refractivity contribution is 5.10. The van der Waals surface area contributed by atoms with Crippen LogP contribution in [0.2, 0.25) is 0 Å². The van der Waals surface area contributed by atoms with Gasteiger partial charge in [-0.1, -0.05) is 6.07 Å². The summed E-state index contributed by atoms with van der Waals surface area (Å²) >= 11 is 0. The summed E-state index contributed by atoms with van der Waals surface area (Å²) in [5, 5.41) is 3.07. The molecular formula is C11H18N2O. The minimum Gasteiger partial charge on any atom is -0.373 e. The summed E-state index contributed by atoms with van der Waals surface area (Å²) in [4.78, 5) is 4.45. The molecule has 1 rings (SSSR count). The van der Waals surface area contributed by atoms with E-state index in [1.165, 1.54) is 0 Å². The summed E-state index contributed by atoms with van der Waals surface area (Å²) in [5.41, 5.74) is 2.05. The van der Waals surface area contributed by atoms with E-state index >= 15 is 0 Å². The van der Waals surface area contributed by atoms with Crippen LogP contribution in [0.3, 0.4) is 0 Å². The van der Waals surface area contributed by atoms with E-state index in [1.54, 1.807) is 0 Å². The van der Waals surface area contributed by atoms with Crippen molar-refractivity contribution in [3.8, 4) is 0 Å². The molecule has 78 valence electrons. The summed E-state index contributed by atoms with van der Waals surface area (Å²) < 4.78 is 5.48. The van der Waals surface area contributed by atoms with Crippen LogP contribution in [0.25, 0.3) is 0 Å². The lowest BCUT2D eigenvalue weighted by Crippen LogP contribution is -2.09. The monoisotopic (exact) mass is 194 g/mol. The van der Waals surface area contributed by atoms with Gasteiger partial charge in [-0.2, -0.15) is 0 Å². The number of nitrogens with one attached hydrogen (secondary N) is 1. The SMILES string of the molecule is CNCc1cccc(COC(C)C)n1. The molecule has 0 aliphatic carbocycles. The normalized spacial score (nSPS) is 10.9. The zero-order valence-corrected chi connectivity index (χ0v) is 9.08. The average Bonchev–Trinajstić information content (AvgIpc) is 2.16. The highest BCUT2D eigenvalue weighted by Crippen LogP contribution is 2.02. The standard InChI is InChI=1S/C11H18N2O/c1-9(2)14-8-11-6-4-5-10(13-11)7-12-3/h4-6,9,12H,7-8H2,1-3H3. The predicted molar refractivity (Wildman–Crippen MR) is 56.9 cm³/mol. The second-order valence-corrected chi connectivity index (χ2v) is 3.51. The Bertz CT molecular complexity index is 274. The van der Waals surface area contributed by atoms with E-state index < -0.39 is 0 Å². The van der Waals surface area contributed by atoms with Gasteiger partial charge in [-0.05, 0) is 33.0 Å². The molecule has 1 aromatic heterocycles. The molecule has 1 N–H and O–H groups in total. The van der Waals surface area contributed by atoms with Gasteiger partial charge in [0, 0.05) is 6.54 Å². The highest BCUT2D eigenvalue weighted by atomic mass is 16.5. The zero-order valence-electron chi connectivity index (χ0n) is 9.08. The van der Waals surface area contributed by atoms with E-state index in [4.69, 9.17) is 4.74 Å². The van der Waals surface area contributed by atoms with Crippen molar-refractivity contribution >= 4 is 0 Å². The van der Waals surface area contributed by atoms with E-state index in [-0.39, 0.29) is 6.10 Å². The fraction of sp³-hybridized carbons (Fsp3) is 0.545. The molecule has 1 aromatic rings. The molecule has 1 heterocycles. The number of nitrogens with zero attached hydrogens (tertiary/aromatic N) is 1. The van der Waals surface area contributed by atoms with Gasteiger partial charge in [-0.3, -0.25) is 4.98 Å². The number of aromatic nitrogens is 1. The van der Waals surface area contributed by atoms with Crippen molar-refractivity contribution in [1.29, 1.82) is 0 Å². The molecule has 3 heteroatoms. The number of hydrogen-bond donors (Lipinski definition) is 1. The molecule has 0 aliphatic heterocycles. The van der Waals surface area contributed by atoms with Crippen molar-refractivity contribution < 1.29 is 4.74 Å². The zero-order chi connectivity index (χ0) is 10.4. The van der Waals surface area contributed by atoms with E-state index in [9.17, 15) is 0 Å². The third-order valence-electron chi connectivity index (χ3n) is 1.79. The molecule has 0 spiro atoms. The summed E-state index contributed by atoms with van der Waals surface area (Å²) in [6, 6.07) is 6.01. The first kappa shape index (κ1) is 11.1. The second-order valence-electron chi connectivity index (χ2n) is 3.51. The Balaban J connectivity index is 2.54. The molecule has 0 atom stereocenters. The molecule has 0 saturated carbocycles. The first-order valence-corrected chi connectivity index (χ1v) is 4.93. The van der Waals surface area contributed by atoms with Crippen molar-refractivity contribution in [3.63, 3.8) is 0 Å². The third-order valence-corrected chi connectivity index (χ3v) is 1.79. The van der Waals surface area contributed by atoms with Gasteiger partial charge >= 0.3 is 0 Å². The Morgan fingerprint density at radius 2 is 2.07 bits per heavy atom. The Hall–Kier alpha value is -0.930. The van der Waals surface area contributed by atoms with Crippen LogP contribution in [-0.2, 0) is 17.9 Å². The molecule has 3 nitrogen and oxygen atoms in total. The van der Waals surface area contributed by atoms with Crippen LogP contribution in [0.15, 0.2) is 18.2 Å². The lowest BCUT2D eigenvalue weighted by molar-refractivity contribution is 0.0635. The van der Waals surface area contributed by atoms with Gasteiger partial charge in [-0.15, -0.1) is 0 Å². The van der Waals surface area contributed by atoms with Crippen molar-refractivity contribution in [1.82, 2.24) is 10.3 Å². The minimum atomic E-state index is 0.254. The second kappa shape index (κ2) is 5.73. The maximum Gasteiger partial charge on any atom is 0.0891 e. The van der Waals surface area contributed by atoms with Crippen molar-refractivity contribution in [3.05, 3.63) is 29.6 Å². The smallest absolute Gasteiger partial charge is 0.0891 e. The van der Waals surface area contributed by atoms with Gasteiger partial charge in [0.25, 0.3) is 0 Å². The van der Waals surface area contributed by atoms with Crippen molar-refractivity contribution in [2.45, 2.75) is 33.1 Å². The largest absolute Gasteiger partial charge is 0.373 e. The number of ether oxygens (including phenoxy) is 1. The van der Waals surface area contributed by atoms with E-state index in [0.717, 1.165) is 17.9 Å². The van der Waals surface area contributed by atoms with Crippen LogP contribution >= 0.6 is 0 Å². The van der Waals surface area contributed by atoms with Crippen LogP contribution in [0, 0.1) is 0 Å². The molecule has 0 aromatic carbocycles. The molecule has 0 unspecified atom stereocenters. The van der Waals surface area contributed by atoms with E-state index in [1.807, 2.05) is 39.1 Å². The van der Waals surface area contributed by atoms with Crippen LogP contribution in [0.4, 0.5) is 0 Å². The molecular weight excluding hydrogens is 176 g/mol. The Labute approximate surface area is 85.5 Å². The Morgan fingerprint density at radius 3 is 2.71 bits per heavy atom. The molecule has 0 radical (unpaired) electrons. The number of rotatable bonds is 5. The fourth-order valence-electron chi connectivity index (χ4n) is 1.14. The van der Waals surface area contributed by atoms with Gasteiger partial charge < -0.3 is 10.1 Å². The highest BCUT2D eigenvalue weighted by Gasteiger charge is 1.99. The summed E-state index contributed by atoms with van der Waals surface area (Å²) in [6.45, 7) is 5.44. The molecule has 14 heavy (non-hydrogen) atoms. The lowest BCUT2D eigenvalue weighted by atomic mass is 10.3. The molecule has 0 bridgehead atoms. The van der Waals surface area contributed by atoms with Crippen LogP contribution in [0.1, 0.15) is 25.2 Å². The molecule has 0 saturated heterocycles. The van der Waals surface area contributed by atoms with Gasteiger partial charge in [0.15, 0.2) is 0 Å². The maximum absolute atomic E-state index is 5.48. The van der Waals surface area contributed by atoms with Crippen molar-refractivity contribution in [2.24, 2.45) is 0 Å². The minimum absolute atomic E-state index is 0.254. The predicted octanol–water partition coefficient (Wildman–Crippen LogP) is 1.73. The lowest BCUT2D eigenvalue weighted by Gasteiger charge is -2.07. The molecule has 0 fully saturated rings. The van der Waals surface area contributed by atoms with Crippen LogP contribution < -0.4 is 5.32 Å². The van der Waals surface area contributed by atoms with E-state index in [2.05, 4.69) is 10.3 Å². The van der Waals surface area contributed by atoms with Crippen molar-refractivity contribution in [2.75, 3.05) is 7.05 Å². The van der Waals surface area contributed by atoms with Gasteiger partial charge in [-0.25, -0.2) is 0 Å². The topological polar surface area (TPSA) is 34.1 Å². The summed E-state index contributed by atoms with van der Waals surface area (Å²) in [6.07, 6.45) is 0.254. The summed E-state index contributed by atoms with van der Waals surface area (Å²) in [5.74, 6) is 0. The Morgan fingerprint density at radius 1 is 1.36 bits per heavy atom. The van der Waals surface area contributed by atoms with Crippen LogP contribution in [0.5, 0.6) is 0 Å². The average molecular weight is 194 g/mol. The number of hydrogen-bond acceptors (Lipinski definition) is 3. The summed E-state index contributed by atoms with van der Waals surface area (Å²) in [7, 11) is 1.92. The Kier molecular flexibility index (Phi) is 4.56. The molecule has 0 amide bonds. The quantitative estimate of drug-likeness (QED) is 0.775. The first-order valence-electron chi connectivity index (χ1n) is 4.93. The van der Waals surface area contributed by atoms with Gasteiger partial charge in [0.1, 0.15) is 0 Å². The van der Waals surface area contributed by atoms with Crippen LogP contribution in [-0.4, -0.2) is 18.1 Å². The molecule has 0 aliphatic rings. The fourth-order valence-corrected chi connectivity index (χ4v) is 1.14.